The van der Waals surface area contributed by atoms with Crippen LogP contribution in [0, 0.1) is 11.3 Å². The molecule has 0 unspecified atom stereocenters. The highest BCUT2D eigenvalue weighted by molar-refractivity contribution is 6.41. The van der Waals surface area contributed by atoms with Crippen molar-refractivity contribution in [2.75, 3.05) is 6.61 Å². The molecule has 0 saturated heterocycles. The summed E-state index contributed by atoms with van der Waals surface area (Å²) in [4.78, 5) is 12.6. The number of nitrogens with zero attached hydrogens (tertiary/aromatic N) is 1. The fourth-order valence-electron chi connectivity index (χ4n) is 3.06. The van der Waals surface area contributed by atoms with Gasteiger partial charge in [0.2, 0.25) is 5.88 Å². The number of carbonyl (C=O) groups excluding carboxylic acids is 1. The molecule has 2 heterocycles. The molecule has 9 heteroatoms. The molecule has 1 aromatic heterocycles. The number of halogens is 3. The number of furan rings is 1. The number of carbonyl (C=O) groups is 1. The molecular weight excluding hydrogens is 439 g/mol. The first-order chi connectivity index (χ1) is 13.8. The van der Waals surface area contributed by atoms with Gasteiger partial charge in [-0.25, -0.2) is 4.79 Å². The Labute approximate surface area is 182 Å². The first-order valence-electron chi connectivity index (χ1n) is 8.48. The van der Waals surface area contributed by atoms with E-state index in [1.54, 1.807) is 26.0 Å². The average Bonchev–Trinajstić information content (AvgIpc) is 3.09. The lowest BCUT2D eigenvalue weighted by Gasteiger charge is -2.25. The second kappa shape index (κ2) is 8.42. The van der Waals surface area contributed by atoms with E-state index in [4.69, 9.17) is 54.4 Å². The SMILES string of the molecule is CCOC(=O)C1=C(C)OC(N)=C(C#N)[C@H]1c1ccc(-c2c(Cl)cc(Cl)cc2Cl)o1. The first kappa shape index (κ1) is 21.1. The molecule has 3 rings (SSSR count). The molecule has 0 spiro atoms. The van der Waals surface area contributed by atoms with Gasteiger partial charge < -0.3 is 19.6 Å². The van der Waals surface area contributed by atoms with Gasteiger partial charge in [0.25, 0.3) is 0 Å². The van der Waals surface area contributed by atoms with Crippen molar-refractivity contribution in [3.05, 3.63) is 67.9 Å². The van der Waals surface area contributed by atoms with Gasteiger partial charge in [0.15, 0.2) is 0 Å². The second-order valence-electron chi connectivity index (χ2n) is 6.06. The molecule has 6 nitrogen and oxygen atoms in total. The van der Waals surface area contributed by atoms with Crippen LogP contribution in [-0.4, -0.2) is 12.6 Å². The minimum atomic E-state index is -0.897. The third-order valence-corrected chi connectivity index (χ3v) is 5.08. The molecule has 0 aliphatic carbocycles. The molecule has 0 bridgehead atoms. The number of hydrogen-bond donors (Lipinski definition) is 1. The molecule has 0 fully saturated rings. The second-order valence-corrected chi connectivity index (χ2v) is 7.31. The smallest absolute Gasteiger partial charge is 0.338 e. The van der Waals surface area contributed by atoms with Crippen LogP contribution in [0.4, 0.5) is 0 Å². The van der Waals surface area contributed by atoms with Gasteiger partial charge in [-0.3, -0.25) is 0 Å². The van der Waals surface area contributed by atoms with Crippen LogP contribution in [0.5, 0.6) is 0 Å². The minimum absolute atomic E-state index is 0.0350. The van der Waals surface area contributed by atoms with Gasteiger partial charge in [0.1, 0.15) is 28.9 Å². The van der Waals surface area contributed by atoms with E-state index in [1.165, 1.54) is 12.1 Å². The molecule has 1 aromatic carbocycles. The van der Waals surface area contributed by atoms with E-state index >= 15 is 0 Å². The Hall–Kier alpha value is -2.59. The van der Waals surface area contributed by atoms with Crippen molar-refractivity contribution in [2.45, 2.75) is 19.8 Å². The zero-order valence-corrected chi connectivity index (χ0v) is 17.7. The maximum Gasteiger partial charge on any atom is 0.338 e. The summed E-state index contributed by atoms with van der Waals surface area (Å²) >= 11 is 18.5. The Morgan fingerprint density at radius 1 is 1.28 bits per heavy atom. The van der Waals surface area contributed by atoms with Crippen molar-refractivity contribution in [1.82, 2.24) is 0 Å². The Balaban J connectivity index is 2.14. The zero-order valence-electron chi connectivity index (χ0n) is 15.4. The highest BCUT2D eigenvalue weighted by Gasteiger charge is 2.38. The average molecular weight is 454 g/mol. The number of nitrogens with two attached hydrogens (primary N) is 1. The fourth-order valence-corrected chi connectivity index (χ4v) is 4.06. The summed E-state index contributed by atoms with van der Waals surface area (Å²) in [6.45, 7) is 3.40. The number of rotatable bonds is 4. The van der Waals surface area contributed by atoms with Crippen LogP contribution in [-0.2, 0) is 14.3 Å². The van der Waals surface area contributed by atoms with Crippen LogP contribution in [0.2, 0.25) is 15.1 Å². The predicted molar refractivity (Wildman–Crippen MR) is 109 cm³/mol. The summed E-state index contributed by atoms with van der Waals surface area (Å²) in [7, 11) is 0. The Morgan fingerprint density at radius 3 is 2.52 bits per heavy atom. The van der Waals surface area contributed by atoms with E-state index in [-0.39, 0.29) is 35.2 Å². The molecule has 0 amide bonds. The van der Waals surface area contributed by atoms with Crippen molar-refractivity contribution >= 4 is 40.8 Å². The van der Waals surface area contributed by atoms with Gasteiger partial charge in [0.05, 0.1) is 33.7 Å². The van der Waals surface area contributed by atoms with Crippen LogP contribution in [0.15, 0.2) is 51.5 Å². The lowest BCUT2D eigenvalue weighted by atomic mass is 9.87. The molecule has 0 saturated carbocycles. The molecule has 29 heavy (non-hydrogen) atoms. The number of nitriles is 1. The summed E-state index contributed by atoms with van der Waals surface area (Å²) in [5.74, 6) is -0.779. The largest absolute Gasteiger partial charge is 0.463 e. The monoisotopic (exact) mass is 452 g/mol. The Morgan fingerprint density at radius 2 is 1.93 bits per heavy atom. The van der Waals surface area contributed by atoms with Crippen LogP contribution in [0.3, 0.4) is 0 Å². The maximum atomic E-state index is 12.6. The van der Waals surface area contributed by atoms with E-state index in [0.717, 1.165) is 0 Å². The highest BCUT2D eigenvalue weighted by atomic mass is 35.5. The number of esters is 1. The molecule has 2 aromatic rings. The zero-order chi connectivity index (χ0) is 21.3. The number of hydrogen-bond acceptors (Lipinski definition) is 6. The van der Waals surface area contributed by atoms with Gasteiger partial charge in [-0.1, -0.05) is 34.8 Å². The van der Waals surface area contributed by atoms with Gasteiger partial charge in [-0.2, -0.15) is 5.26 Å². The van der Waals surface area contributed by atoms with Crippen molar-refractivity contribution in [3.63, 3.8) is 0 Å². The van der Waals surface area contributed by atoms with Crippen molar-refractivity contribution in [2.24, 2.45) is 5.73 Å². The third kappa shape index (κ3) is 3.95. The molecule has 1 aliphatic heterocycles. The van der Waals surface area contributed by atoms with E-state index < -0.39 is 11.9 Å². The third-order valence-electron chi connectivity index (χ3n) is 4.27. The number of allylic oxidation sites excluding steroid dienone is 2. The molecule has 1 atom stereocenters. The standard InChI is InChI=1S/C20H15Cl3N2O4/c1-3-27-20(26)16-9(2)28-19(25)11(8-24)17(16)14-4-5-15(29-14)18-12(22)6-10(21)7-13(18)23/h4-7,17H,3,25H2,1-2H3/t17-/m0/s1. The van der Waals surface area contributed by atoms with E-state index in [1.807, 2.05) is 6.07 Å². The summed E-state index contributed by atoms with van der Waals surface area (Å²) in [6, 6.07) is 8.31. The molecule has 0 radical (unpaired) electrons. The molecule has 150 valence electrons. The molecular formula is C20H15Cl3N2O4. The van der Waals surface area contributed by atoms with Crippen molar-refractivity contribution < 1.29 is 18.7 Å². The van der Waals surface area contributed by atoms with Gasteiger partial charge in [0, 0.05) is 5.02 Å². The number of benzene rings is 1. The fraction of sp³-hybridized carbons (Fsp3) is 0.200. The van der Waals surface area contributed by atoms with E-state index in [2.05, 4.69) is 0 Å². The highest BCUT2D eigenvalue weighted by Crippen LogP contribution is 2.43. The van der Waals surface area contributed by atoms with Gasteiger partial charge in [-0.05, 0) is 38.1 Å². The van der Waals surface area contributed by atoms with Gasteiger partial charge in [-0.15, -0.1) is 0 Å². The minimum Gasteiger partial charge on any atom is -0.463 e. The lowest BCUT2D eigenvalue weighted by Crippen LogP contribution is -2.25. The predicted octanol–water partition coefficient (Wildman–Crippen LogP) is 5.55. The van der Waals surface area contributed by atoms with Crippen LogP contribution < -0.4 is 5.73 Å². The molecule has 2 N–H and O–H groups in total. The summed E-state index contributed by atoms with van der Waals surface area (Å²) in [5, 5.41) is 10.6. The number of ether oxygens (including phenoxy) is 2. The normalized spacial score (nSPS) is 16.5. The maximum absolute atomic E-state index is 12.6. The summed E-state index contributed by atoms with van der Waals surface area (Å²) in [5.41, 5.74) is 6.48. The Bertz CT molecular complexity index is 1070. The lowest BCUT2D eigenvalue weighted by molar-refractivity contribution is -0.139. The first-order valence-corrected chi connectivity index (χ1v) is 9.62. The van der Waals surface area contributed by atoms with Crippen molar-refractivity contribution in [3.8, 4) is 17.4 Å². The van der Waals surface area contributed by atoms with E-state index in [0.29, 0.717) is 26.4 Å². The topological polar surface area (TPSA) is 98.5 Å². The van der Waals surface area contributed by atoms with Crippen molar-refractivity contribution in [1.29, 1.82) is 5.26 Å². The summed E-state index contributed by atoms with van der Waals surface area (Å²) < 4.78 is 16.5. The quantitative estimate of drug-likeness (QED) is 0.609. The van der Waals surface area contributed by atoms with E-state index in [9.17, 15) is 10.1 Å². The molecule has 1 aliphatic rings. The van der Waals surface area contributed by atoms with Crippen LogP contribution >= 0.6 is 34.8 Å². The Kier molecular flexibility index (Phi) is 6.13. The van der Waals surface area contributed by atoms with Crippen LogP contribution in [0.1, 0.15) is 25.5 Å². The summed E-state index contributed by atoms with van der Waals surface area (Å²) in [6.07, 6.45) is 0. The van der Waals surface area contributed by atoms with Crippen LogP contribution in [0.25, 0.3) is 11.3 Å². The van der Waals surface area contributed by atoms with Gasteiger partial charge >= 0.3 is 5.97 Å².